The summed E-state index contributed by atoms with van der Waals surface area (Å²) in [5.74, 6) is 1.51. The molecule has 0 radical (unpaired) electrons. The molecule has 0 spiro atoms. The molecule has 1 unspecified atom stereocenters. The lowest BCUT2D eigenvalue weighted by Crippen LogP contribution is -2.27. The van der Waals surface area contributed by atoms with Crippen LogP contribution in [0.3, 0.4) is 0 Å². The van der Waals surface area contributed by atoms with Crippen molar-refractivity contribution >= 4 is 18.5 Å². The Bertz CT molecular complexity index is 908. The lowest BCUT2D eigenvalue weighted by molar-refractivity contribution is 0.209. The Labute approximate surface area is 152 Å². The van der Waals surface area contributed by atoms with Crippen molar-refractivity contribution in [2.24, 2.45) is 0 Å². The molecule has 3 aromatic rings. The number of nitrogens with one attached hydrogen (secondary N) is 1. The Morgan fingerprint density at radius 2 is 2.04 bits per heavy atom. The van der Waals surface area contributed by atoms with Crippen LogP contribution in [0.25, 0.3) is 0 Å². The van der Waals surface area contributed by atoms with Crippen LogP contribution in [0.5, 0.6) is 11.6 Å². The number of benzene rings is 2. The number of nitrogens with zero attached hydrogens (tertiary/aromatic N) is 2. The third-order valence-electron chi connectivity index (χ3n) is 4.24. The minimum Gasteiger partial charge on any atom is -0.439 e. The van der Waals surface area contributed by atoms with E-state index in [4.69, 9.17) is 9.39 Å². The van der Waals surface area contributed by atoms with Crippen LogP contribution in [0.1, 0.15) is 24.2 Å². The van der Waals surface area contributed by atoms with Gasteiger partial charge in [0.25, 0.3) is 0 Å². The number of hydrogen-bond acceptors (Lipinski definition) is 6. The molecule has 0 amide bonds. The van der Waals surface area contributed by atoms with Gasteiger partial charge in [-0.2, -0.15) is 4.98 Å². The molecule has 0 aliphatic carbocycles. The van der Waals surface area contributed by atoms with Crippen LogP contribution in [-0.2, 0) is 11.2 Å². The van der Waals surface area contributed by atoms with Crippen LogP contribution in [0, 0.1) is 0 Å². The fourth-order valence-electron chi connectivity index (χ4n) is 2.92. The molecule has 2 N–H and O–H groups in total. The van der Waals surface area contributed by atoms with Crippen LogP contribution in [0.15, 0.2) is 60.8 Å². The highest BCUT2D eigenvalue weighted by molar-refractivity contribution is 6.61. The van der Waals surface area contributed by atoms with Crippen molar-refractivity contribution in [3.05, 3.63) is 71.9 Å². The summed E-state index contributed by atoms with van der Waals surface area (Å²) in [4.78, 5) is 8.59. The highest BCUT2D eigenvalue weighted by Gasteiger charge is 2.32. The SMILES string of the molecule is CC1OB(O)c2cc(Oc3ccnc(NCc4ccccc4)n3)ccc21. The number of fused-ring (bicyclic) bond motifs is 1. The Balaban J connectivity index is 1.47. The standard InChI is InChI=1S/C19H18BN3O3/c1-13-16-8-7-15(11-17(16)20(24)26-13)25-18-9-10-21-19(23-18)22-12-14-5-3-2-4-6-14/h2-11,13,24H,12H2,1H3,(H,21,22,23). The Morgan fingerprint density at radius 1 is 1.19 bits per heavy atom. The van der Waals surface area contributed by atoms with Gasteiger partial charge in [-0.15, -0.1) is 0 Å². The number of rotatable bonds is 5. The first-order chi connectivity index (χ1) is 12.7. The lowest BCUT2D eigenvalue weighted by Gasteiger charge is -2.09. The van der Waals surface area contributed by atoms with Crippen molar-refractivity contribution in [2.75, 3.05) is 5.32 Å². The first-order valence-corrected chi connectivity index (χ1v) is 8.45. The maximum atomic E-state index is 9.95. The molecule has 1 atom stereocenters. The topological polar surface area (TPSA) is 76.5 Å². The summed E-state index contributed by atoms with van der Waals surface area (Å²) in [6.07, 6.45) is 1.52. The van der Waals surface area contributed by atoms with Gasteiger partial charge in [0.05, 0.1) is 6.10 Å². The Hall–Kier alpha value is -2.90. The second-order valence-corrected chi connectivity index (χ2v) is 6.08. The summed E-state index contributed by atoms with van der Waals surface area (Å²) in [6.45, 7) is 2.54. The first-order valence-electron chi connectivity index (χ1n) is 8.45. The van der Waals surface area contributed by atoms with Crippen molar-refractivity contribution in [3.8, 4) is 11.6 Å². The van der Waals surface area contributed by atoms with E-state index >= 15 is 0 Å². The molecule has 0 bridgehead atoms. The fourth-order valence-corrected chi connectivity index (χ4v) is 2.92. The van der Waals surface area contributed by atoms with Crippen LogP contribution >= 0.6 is 0 Å². The molecule has 0 fully saturated rings. The minimum atomic E-state index is -0.919. The van der Waals surface area contributed by atoms with E-state index in [2.05, 4.69) is 15.3 Å². The average Bonchev–Trinajstić information content (AvgIpc) is 2.95. The zero-order valence-corrected chi connectivity index (χ0v) is 14.3. The quantitative estimate of drug-likeness (QED) is 0.691. The predicted octanol–water partition coefficient (Wildman–Crippen LogP) is 2.66. The minimum absolute atomic E-state index is 0.123. The maximum absolute atomic E-state index is 9.95. The third-order valence-corrected chi connectivity index (χ3v) is 4.24. The fraction of sp³-hybridized carbons (Fsp3) is 0.158. The molecule has 1 aromatic heterocycles. The molecule has 0 saturated carbocycles. The van der Waals surface area contributed by atoms with Gasteiger partial charge < -0.3 is 19.7 Å². The summed E-state index contributed by atoms with van der Waals surface area (Å²) in [5.41, 5.74) is 2.84. The van der Waals surface area contributed by atoms with Gasteiger partial charge in [0.15, 0.2) is 0 Å². The summed E-state index contributed by atoms with van der Waals surface area (Å²) in [7, 11) is -0.919. The zero-order valence-electron chi connectivity index (χ0n) is 14.3. The van der Waals surface area contributed by atoms with Crippen LogP contribution in [0.2, 0.25) is 0 Å². The van der Waals surface area contributed by atoms with Crippen molar-refractivity contribution < 1.29 is 14.4 Å². The van der Waals surface area contributed by atoms with Crippen molar-refractivity contribution in [3.63, 3.8) is 0 Å². The molecule has 1 aliphatic rings. The van der Waals surface area contributed by atoms with E-state index < -0.39 is 7.12 Å². The molecule has 7 heteroatoms. The molecular weight excluding hydrogens is 329 g/mol. The molecular formula is C19H18BN3O3. The van der Waals surface area contributed by atoms with Gasteiger partial charge in [-0.1, -0.05) is 36.4 Å². The highest BCUT2D eigenvalue weighted by atomic mass is 16.5. The first kappa shape index (κ1) is 16.6. The van der Waals surface area contributed by atoms with Gasteiger partial charge in [0.2, 0.25) is 11.8 Å². The van der Waals surface area contributed by atoms with E-state index in [9.17, 15) is 5.02 Å². The van der Waals surface area contributed by atoms with Crippen molar-refractivity contribution in [2.45, 2.75) is 19.6 Å². The van der Waals surface area contributed by atoms with E-state index in [0.29, 0.717) is 24.1 Å². The second kappa shape index (κ2) is 7.15. The number of anilines is 1. The van der Waals surface area contributed by atoms with Gasteiger partial charge in [-0.25, -0.2) is 4.98 Å². The number of hydrogen-bond donors (Lipinski definition) is 2. The summed E-state index contributed by atoms with van der Waals surface area (Å²) in [5, 5.41) is 13.1. The molecule has 1 aliphatic heterocycles. The monoisotopic (exact) mass is 347 g/mol. The average molecular weight is 347 g/mol. The molecule has 0 saturated heterocycles. The van der Waals surface area contributed by atoms with Gasteiger partial charge in [-0.3, -0.25) is 0 Å². The van der Waals surface area contributed by atoms with E-state index in [1.807, 2.05) is 49.4 Å². The molecule has 26 heavy (non-hydrogen) atoms. The third kappa shape index (κ3) is 3.54. The highest BCUT2D eigenvalue weighted by Crippen LogP contribution is 2.27. The predicted molar refractivity (Wildman–Crippen MR) is 99.4 cm³/mol. The van der Waals surface area contributed by atoms with Gasteiger partial charge in [0.1, 0.15) is 5.75 Å². The molecule has 6 nitrogen and oxygen atoms in total. The second-order valence-electron chi connectivity index (χ2n) is 6.08. The summed E-state index contributed by atoms with van der Waals surface area (Å²) < 4.78 is 11.2. The van der Waals surface area contributed by atoms with Crippen LogP contribution in [0.4, 0.5) is 5.95 Å². The maximum Gasteiger partial charge on any atom is 0.492 e. The van der Waals surface area contributed by atoms with Crippen molar-refractivity contribution in [1.29, 1.82) is 0 Å². The van der Waals surface area contributed by atoms with Gasteiger partial charge >= 0.3 is 7.12 Å². The summed E-state index contributed by atoms with van der Waals surface area (Å²) in [6, 6.07) is 17.2. The largest absolute Gasteiger partial charge is 0.492 e. The molecule has 130 valence electrons. The van der Waals surface area contributed by atoms with E-state index in [-0.39, 0.29) is 6.10 Å². The molecule has 2 heterocycles. The van der Waals surface area contributed by atoms with Gasteiger partial charge in [-0.05, 0) is 35.6 Å². The molecule has 2 aromatic carbocycles. The smallest absolute Gasteiger partial charge is 0.439 e. The lowest BCUT2D eigenvalue weighted by atomic mass is 9.79. The number of aromatic nitrogens is 2. The van der Waals surface area contributed by atoms with E-state index in [0.717, 1.165) is 16.6 Å². The Morgan fingerprint density at radius 3 is 2.88 bits per heavy atom. The van der Waals surface area contributed by atoms with Crippen molar-refractivity contribution in [1.82, 2.24) is 9.97 Å². The van der Waals surface area contributed by atoms with Crippen LogP contribution in [-0.4, -0.2) is 22.1 Å². The normalized spacial score (nSPS) is 15.6. The summed E-state index contributed by atoms with van der Waals surface area (Å²) >= 11 is 0. The van der Waals surface area contributed by atoms with Crippen LogP contribution < -0.4 is 15.5 Å². The number of ether oxygens (including phenoxy) is 1. The van der Waals surface area contributed by atoms with Gasteiger partial charge in [0, 0.05) is 18.8 Å². The zero-order chi connectivity index (χ0) is 17.9. The van der Waals surface area contributed by atoms with E-state index in [1.165, 1.54) is 0 Å². The molecule has 4 rings (SSSR count). The van der Waals surface area contributed by atoms with E-state index in [1.54, 1.807) is 18.3 Å². The Kier molecular flexibility index (Phi) is 4.56.